The Morgan fingerprint density at radius 1 is 1.42 bits per heavy atom. The number of halogens is 1. The molecule has 0 amide bonds. The largest absolute Gasteiger partial charge is 0.508 e. The summed E-state index contributed by atoms with van der Waals surface area (Å²) in [5.41, 5.74) is 0.946. The maximum Gasteiger partial charge on any atom is 0.115 e. The molecule has 1 aromatic rings. The van der Waals surface area contributed by atoms with E-state index in [1.165, 1.54) is 0 Å². The summed E-state index contributed by atoms with van der Waals surface area (Å²) in [6.07, 6.45) is 0.187. The minimum atomic E-state index is -0.383. The molecule has 1 rings (SSSR count). The lowest BCUT2D eigenvalue weighted by Crippen LogP contribution is -2.11. The molecule has 0 saturated carbocycles. The van der Waals surface area contributed by atoms with E-state index in [1.54, 1.807) is 18.2 Å². The highest BCUT2D eigenvalue weighted by atomic mass is 79.9. The molecule has 2 N–H and O–H groups in total. The van der Waals surface area contributed by atoms with Gasteiger partial charge in [0.15, 0.2) is 0 Å². The second-order valence-corrected chi connectivity index (χ2v) is 3.33. The zero-order valence-corrected chi connectivity index (χ0v) is 8.16. The molecule has 0 heterocycles. The quantitative estimate of drug-likeness (QED) is 0.777. The van der Waals surface area contributed by atoms with Gasteiger partial charge in [0, 0.05) is 5.33 Å². The second-order valence-electron chi connectivity index (χ2n) is 2.68. The lowest BCUT2D eigenvalue weighted by Gasteiger charge is -2.06. The van der Waals surface area contributed by atoms with E-state index in [0.717, 1.165) is 5.56 Å². The fourth-order valence-electron chi connectivity index (χ4n) is 1.01. The first-order valence-corrected chi connectivity index (χ1v) is 4.86. The Bertz CT molecular complexity index is 250. The fourth-order valence-corrected chi connectivity index (χ4v) is 1.24. The Morgan fingerprint density at radius 3 is 2.75 bits per heavy atom. The predicted molar refractivity (Wildman–Crippen MR) is 51.6 cm³/mol. The highest BCUT2D eigenvalue weighted by Gasteiger charge is 2.03. The number of hydrogen-bond acceptors (Lipinski definition) is 2. The van der Waals surface area contributed by atoms with Crippen LogP contribution in [0.5, 0.6) is 5.75 Å². The molecule has 0 aliphatic carbocycles. The van der Waals surface area contributed by atoms with Crippen LogP contribution in [0.15, 0.2) is 24.3 Å². The topological polar surface area (TPSA) is 40.5 Å². The summed E-state index contributed by atoms with van der Waals surface area (Å²) in [5.74, 6) is 0.245. The molecule has 0 fully saturated rings. The van der Waals surface area contributed by atoms with Crippen LogP contribution in [-0.2, 0) is 6.42 Å². The molecule has 0 spiro atoms. The molecule has 0 aliphatic heterocycles. The number of benzene rings is 1. The molecule has 0 saturated heterocycles. The number of alkyl halides is 1. The molecule has 0 aromatic heterocycles. The predicted octanol–water partition coefficient (Wildman–Crippen LogP) is 1.69. The summed E-state index contributed by atoms with van der Waals surface area (Å²) in [5, 5.41) is 18.9. The summed E-state index contributed by atoms with van der Waals surface area (Å²) >= 11 is 3.18. The van der Waals surface area contributed by atoms with Crippen molar-refractivity contribution < 1.29 is 10.2 Å². The third-order valence-electron chi connectivity index (χ3n) is 1.56. The average Bonchev–Trinajstić information content (AvgIpc) is 2.04. The number of phenolic OH excluding ortho intramolecular Hbond substituents is 1. The number of aromatic hydroxyl groups is 1. The van der Waals surface area contributed by atoms with Crippen molar-refractivity contribution in [2.45, 2.75) is 12.5 Å². The van der Waals surface area contributed by atoms with Gasteiger partial charge in [0.1, 0.15) is 5.75 Å². The van der Waals surface area contributed by atoms with Crippen molar-refractivity contribution in [1.82, 2.24) is 0 Å². The normalized spacial score (nSPS) is 12.8. The van der Waals surface area contributed by atoms with Gasteiger partial charge in [-0.1, -0.05) is 28.1 Å². The Balaban J connectivity index is 2.63. The number of aliphatic hydroxyl groups is 1. The molecule has 3 heteroatoms. The summed E-state index contributed by atoms with van der Waals surface area (Å²) in [4.78, 5) is 0. The van der Waals surface area contributed by atoms with Gasteiger partial charge in [-0.25, -0.2) is 0 Å². The van der Waals surface area contributed by atoms with Crippen molar-refractivity contribution in [2.24, 2.45) is 0 Å². The molecule has 1 atom stereocenters. The van der Waals surface area contributed by atoms with Crippen LogP contribution in [0.4, 0.5) is 0 Å². The van der Waals surface area contributed by atoms with Crippen molar-refractivity contribution in [2.75, 3.05) is 5.33 Å². The van der Waals surface area contributed by atoms with E-state index in [4.69, 9.17) is 5.11 Å². The summed E-state index contributed by atoms with van der Waals surface area (Å²) < 4.78 is 0. The van der Waals surface area contributed by atoms with Crippen LogP contribution in [0.25, 0.3) is 0 Å². The molecule has 1 unspecified atom stereocenters. The minimum absolute atomic E-state index is 0.245. The van der Waals surface area contributed by atoms with Crippen LogP contribution in [0.1, 0.15) is 5.56 Å². The van der Waals surface area contributed by atoms with Gasteiger partial charge >= 0.3 is 0 Å². The second kappa shape index (κ2) is 4.48. The van der Waals surface area contributed by atoms with Gasteiger partial charge in [-0.15, -0.1) is 0 Å². The smallest absolute Gasteiger partial charge is 0.115 e. The van der Waals surface area contributed by atoms with Crippen LogP contribution < -0.4 is 0 Å². The Kier molecular flexibility index (Phi) is 3.56. The molecule has 2 nitrogen and oxygen atoms in total. The third kappa shape index (κ3) is 2.83. The fraction of sp³-hybridized carbons (Fsp3) is 0.333. The summed E-state index contributed by atoms with van der Waals surface area (Å²) in [6, 6.07) is 6.92. The molecule has 0 bridgehead atoms. The summed E-state index contributed by atoms with van der Waals surface area (Å²) in [7, 11) is 0. The zero-order valence-electron chi connectivity index (χ0n) is 6.57. The lowest BCUT2D eigenvalue weighted by atomic mass is 10.1. The Labute approximate surface area is 80.0 Å². The average molecular weight is 231 g/mol. The molecule has 12 heavy (non-hydrogen) atoms. The number of hydrogen-bond donors (Lipinski definition) is 2. The van der Waals surface area contributed by atoms with Gasteiger partial charge < -0.3 is 10.2 Å². The first-order chi connectivity index (χ1) is 5.72. The molecule has 1 aromatic carbocycles. The van der Waals surface area contributed by atoms with Crippen LogP contribution >= 0.6 is 15.9 Å². The van der Waals surface area contributed by atoms with Crippen molar-refractivity contribution >= 4 is 15.9 Å². The van der Waals surface area contributed by atoms with E-state index in [1.807, 2.05) is 6.07 Å². The van der Waals surface area contributed by atoms with Gasteiger partial charge in [0.25, 0.3) is 0 Å². The first kappa shape index (κ1) is 9.55. The molecular weight excluding hydrogens is 220 g/mol. The summed E-state index contributed by atoms with van der Waals surface area (Å²) in [6.45, 7) is 0. The molecule has 0 radical (unpaired) electrons. The van der Waals surface area contributed by atoms with E-state index in [2.05, 4.69) is 15.9 Å². The van der Waals surface area contributed by atoms with E-state index >= 15 is 0 Å². The first-order valence-electron chi connectivity index (χ1n) is 3.74. The van der Waals surface area contributed by atoms with E-state index < -0.39 is 0 Å². The van der Waals surface area contributed by atoms with Gasteiger partial charge in [-0.05, 0) is 24.1 Å². The van der Waals surface area contributed by atoms with Crippen molar-refractivity contribution in [3.8, 4) is 5.75 Å². The Hall–Kier alpha value is -0.540. The molecule has 66 valence electrons. The highest BCUT2D eigenvalue weighted by Crippen LogP contribution is 2.12. The molecule has 0 aliphatic rings. The van der Waals surface area contributed by atoms with E-state index in [9.17, 15) is 5.11 Å². The minimum Gasteiger partial charge on any atom is -0.508 e. The zero-order chi connectivity index (χ0) is 8.97. The number of rotatable bonds is 3. The van der Waals surface area contributed by atoms with E-state index in [0.29, 0.717) is 11.8 Å². The van der Waals surface area contributed by atoms with Gasteiger partial charge in [-0.2, -0.15) is 0 Å². The maximum absolute atomic E-state index is 9.27. The van der Waals surface area contributed by atoms with Gasteiger partial charge in [0.2, 0.25) is 0 Å². The number of aliphatic hydroxyl groups excluding tert-OH is 1. The van der Waals surface area contributed by atoms with Crippen LogP contribution in [0.2, 0.25) is 0 Å². The van der Waals surface area contributed by atoms with Crippen molar-refractivity contribution in [3.05, 3.63) is 29.8 Å². The Morgan fingerprint density at radius 2 is 2.17 bits per heavy atom. The van der Waals surface area contributed by atoms with Gasteiger partial charge in [-0.3, -0.25) is 0 Å². The third-order valence-corrected chi connectivity index (χ3v) is 2.31. The van der Waals surface area contributed by atoms with Crippen molar-refractivity contribution in [1.29, 1.82) is 0 Å². The van der Waals surface area contributed by atoms with Crippen molar-refractivity contribution in [3.63, 3.8) is 0 Å². The SMILES string of the molecule is Oc1cccc(CC(O)CBr)c1. The number of phenols is 1. The van der Waals surface area contributed by atoms with E-state index in [-0.39, 0.29) is 11.9 Å². The standard InChI is InChI=1S/C9H11BrO2/c10-6-9(12)5-7-2-1-3-8(11)4-7/h1-4,9,11-12H,5-6H2. The monoisotopic (exact) mass is 230 g/mol. The highest BCUT2D eigenvalue weighted by molar-refractivity contribution is 9.09. The van der Waals surface area contributed by atoms with Crippen LogP contribution in [0.3, 0.4) is 0 Å². The van der Waals surface area contributed by atoms with Crippen LogP contribution in [0, 0.1) is 0 Å². The lowest BCUT2D eigenvalue weighted by molar-refractivity contribution is 0.201. The molecular formula is C9H11BrO2. The van der Waals surface area contributed by atoms with Crippen LogP contribution in [-0.4, -0.2) is 21.6 Å². The van der Waals surface area contributed by atoms with Gasteiger partial charge in [0.05, 0.1) is 6.10 Å². The maximum atomic E-state index is 9.27.